The van der Waals surface area contributed by atoms with Crippen LogP contribution in [0.4, 0.5) is 5.82 Å². The van der Waals surface area contributed by atoms with Crippen LogP contribution in [0.5, 0.6) is 0 Å². The molecule has 0 bridgehead atoms. The molecule has 6 nitrogen and oxygen atoms in total. The second kappa shape index (κ2) is 4.56. The average molecular weight is 184 g/mol. The molecule has 1 aromatic rings. The van der Waals surface area contributed by atoms with E-state index in [-0.39, 0.29) is 5.82 Å². The third-order valence-corrected chi connectivity index (χ3v) is 1.63. The summed E-state index contributed by atoms with van der Waals surface area (Å²) in [4.78, 5) is 9.77. The normalized spacial score (nSPS) is 10.2. The minimum absolute atomic E-state index is 0.0931. The number of nitrogens with zero attached hydrogens (tertiary/aromatic N) is 3. The number of aryl methyl sites for hydroxylation is 1. The fourth-order valence-corrected chi connectivity index (χ4v) is 0.991. The number of nitro groups is 1. The van der Waals surface area contributed by atoms with E-state index < -0.39 is 4.92 Å². The number of aromatic nitrogens is 2. The van der Waals surface area contributed by atoms with E-state index in [4.69, 9.17) is 0 Å². The first-order valence-electron chi connectivity index (χ1n) is 4.06. The predicted molar refractivity (Wildman–Crippen MR) is 47.4 cm³/mol. The molecule has 6 heteroatoms. The minimum Gasteiger partial charge on any atom is -0.358 e. The lowest BCUT2D eigenvalue weighted by atomic mass is 10.4. The van der Waals surface area contributed by atoms with Crippen LogP contribution >= 0.6 is 0 Å². The van der Waals surface area contributed by atoms with Gasteiger partial charge in [-0.2, -0.15) is 4.68 Å². The Hall–Kier alpha value is -1.43. The molecule has 0 atom stereocenters. The average Bonchev–Trinajstić information content (AvgIpc) is 2.53. The smallest absolute Gasteiger partial charge is 0.358 e. The Balaban J connectivity index is 2.44. The van der Waals surface area contributed by atoms with Gasteiger partial charge < -0.3 is 15.4 Å². The molecule has 0 radical (unpaired) electrons. The molecule has 1 rings (SSSR count). The van der Waals surface area contributed by atoms with Gasteiger partial charge in [-0.1, -0.05) is 0 Å². The second-order valence-corrected chi connectivity index (χ2v) is 2.65. The Labute approximate surface area is 75.7 Å². The zero-order chi connectivity index (χ0) is 9.68. The Morgan fingerprint density at radius 2 is 2.54 bits per heavy atom. The summed E-state index contributed by atoms with van der Waals surface area (Å²) in [5, 5.41) is 17.0. The largest absolute Gasteiger partial charge is 0.389 e. The Morgan fingerprint density at radius 3 is 3.08 bits per heavy atom. The van der Waals surface area contributed by atoms with Crippen molar-refractivity contribution in [1.29, 1.82) is 0 Å². The third-order valence-electron chi connectivity index (χ3n) is 1.63. The van der Waals surface area contributed by atoms with Gasteiger partial charge in [0.2, 0.25) is 0 Å². The van der Waals surface area contributed by atoms with Gasteiger partial charge in [0.25, 0.3) is 0 Å². The van der Waals surface area contributed by atoms with Crippen molar-refractivity contribution in [2.24, 2.45) is 0 Å². The standard InChI is InChI=1S/C7H12N4O2/c1-8-4-2-5-10-6-3-7(9-10)11(12)13/h3,6,8H,2,4-5H2,1H3. The summed E-state index contributed by atoms with van der Waals surface area (Å²) in [5.41, 5.74) is 0. The molecule has 0 amide bonds. The molecule has 0 aromatic carbocycles. The molecule has 0 aliphatic heterocycles. The van der Waals surface area contributed by atoms with Crippen LogP contribution in [-0.2, 0) is 6.54 Å². The van der Waals surface area contributed by atoms with E-state index in [0.29, 0.717) is 6.54 Å². The molecule has 72 valence electrons. The molecule has 0 spiro atoms. The van der Waals surface area contributed by atoms with E-state index in [9.17, 15) is 10.1 Å². The lowest BCUT2D eigenvalue weighted by Crippen LogP contribution is -2.11. The predicted octanol–water partition coefficient (Wildman–Crippen LogP) is 0.401. The number of rotatable bonds is 5. The molecule has 1 aromatic heterocycles. The van der Waals surface area contributed by atoms with Crippen molar-refractivity contribution < 1.29 is 4.92 Å². The fourth-order valence-electron chi connectivity index (χ4n) is 0.991. The first-order chi connectivity index (χ1) is 6.24. The van der Waals surface area contributed by atoms with E-state index in [1.165, 1.54) is 6.07 Å². The molecule has 0 fully saturated rings. The summed E-state index contributed by atoms with van der Waals surface area (Å²) in [5.74, 6) is -0.0931. The third kappa shape index (κ3) is 2.83. The van der Waals surface area contributed by atoms with Gasteiger partial charge in [0.15, 0.2) is 0 Å². The van der Waals surface area contributed by atoms with Crippen LogP contribution in [0.15, 0.2) is 12.3 Å². The van der Waals surface area contributed by atoms with Crippen molar-refractivity contribution in [2.75, 3.05) is 13.6 Å². The Morgan fingerprint density at radius 1 is 1.77 bits per heavy atom. The van der Waals surface area contributed by atoms with Crippen molar-refractivity contribution in [2.45, 2.75) is 13.0 Å². The zero-order valence-corrected chi connectivity index (χ0v) is 7.43. The maximum absolute atomic E-state index is 10.3. The molecule has 0 unspecified atom stereocenters. The molecule has 0 aliphatic carbocycles. The Bertz CT molecular complexity index is 284. The Kier molecular flexibility index (Phi) is 3.39. The first-order valence-corrected chi connectivity index (χ1v) is 4.06. The van der Waals surface area contributed by atoms with Gasteiger partial charge in [0.1, 0.15) is 0 Å². The van der Waals surface area contributed by atoms with Crippen molar-refractivity contribution >= 4 is 5.82 Å². The van der Waals surface area contributed by atoms with E-state index in [2.05, 4.69) is 10.4 Å². The number of hydrogen-bond acceptors (Lipinski definition) is 4. The van der Waals surface area contributed by atoms with Crippen LogP contribution < -0.4 is 5.32 Å². The highest BCUT2D eigenvalue weighted by atomic mass is 16.6. The van der Waals surface area contributed by atoms with E-state index in [1.807, 2.05) is 7.05 Å². The summed E-state index contributed by atoms with van der Waals surface area (Å²) in [6.07, 6.45) is 2.53. The lowest BCUT2D eigenvalue weighted by Gasteiger charge is -1.95. The van der Waals surface area contributed by atoms with Gasteiger partial charge in [-0.15, -0.1) is 0 Å². The van der Waals surface area contributed by atoms with Crippen molar-refractivity contribution in [3.05, 3.63) is 22.4 Å². The van der Waals surface area contributed by atoms with E-state index >= 15 is 0 Å². The summed E-state index contributed by atoms with van der Waals surface area (Å²) in [6, 6.07) is 1.40. The molecular formula is C7H12N4O2. The lowest BCUT2D eigenvalue weighted by molar-refractivity contribution is -0.389. The number of hydrogen-bond donors (Lipinski definition) is 1. The summed E-state index contributed by atoms with van der Waals surface area (Å²) in [6.45, 7) is 1.59. The molecule has 0 aliphatic rings. The minimum atomic E-state index is -0.491. The molecule has 1 heterocycles. The van der Waals surface area contributed by atoms with Gasteiger partial charge >= 0.3 is 5.82 Å². The molecule has 0 saturated carbocycles. The summed E-state index contributed by atoms with van der Waals surface area (Å²) < 4.78 is 1.58. The highest BCUT2D eigenvalue weighted by Crippen LogP contribution is 2.05. The number of nitrogens with one attached hydrogen (secondary N) is 1. The quantitative estimate of drug-likeness (QED) is 0.408. The van der Waals surface area contributed by atoms with Gasteiger partial charge in [0.05, 0.1) is 23.9 Å². The first kappa shape index (κ1) is 9.66. The van der Waals surface area contributed by atoms with Gasteiger partial charge in [0, 0.05) is 0 Å². The van der Waals surface area contributed by atoms with Gasteiger partial charge in [-0.3, -0.25) is 0 Å². The monoisotopic (exact) mass is 184 g/mol. The molecule has 13 heavy (non-hydrogen) atoms. The van der Waals surface area contributed by atoms with Crippen LogP contribution in [0.2, 0.25) is 0 Å². The maximum Gasteiger partial charge on any atom is 0.389 e. The van der Waals surface area contributed by atoms with Crippen molar-refractivity contribution in [3.63, 3.8) is 0 Å². The van der Waals surface area contributed by atoms with Crippen LogP contribution in [0.25, 0.3) is 0 Å². The van der Waals surface area contributed by atoms with Crippen LogP contribution in [0, 0.1) is 10.1 Å². The van der Waals surface area contributed by atoms with Crippen molar-refractivity contribution in [1.82, 2.24) is 15.1 Å². The van der Waals surface area contributed by atoms with E-state index in [1.54, 1.807) is 10.9 Å². The molecular weight excluding hydrogens is 172 g/mol. The highest BCUT2D eigenvalue weighted by molar-refractivity contribution is 5.13. The van der Waals surface area contributed by atoms with Crippen LogP contribution in [0.1, 0.15) is 6.42 Å². The van der Waals surface area contributed by atoms with Gasteiger partial charge in [-0.25, -0.2) is 0 Å². The molecule has 1 N–H and O–H groups in total. The maximum atomic E-state index is 10.3. The van der Waals surface area contributed by atoms with Crippen LogP contribution in [0.3, 0.4) is 0 Å². The SMILES string of the molecule is CNCCCn1ccc([N+](=O)[O-])n1. The fraction of sp³-hybridized carbons (Fsp3) is 0.571. The van der Waals surface area contributed by atoms with Crippen molar-refractivity contribution in [3.8, 4) is 0 Å². The molecule has 0 saturated heterocycles. The summed E-state index contributed by atoms with van der Waals surface area (Å²) in [7, 11) is 1.87. The summed E-state index contributed by atoms with van der Waals surface area (Å²) >= 11 is 0. The van der Waals surface area contributed by atoms with E-state index in [0.717, 1.165) is 13.0 Å². The highest BCUT2D eigenvalue weighted by Gasteiger charge is 2.09. The second-order valence-electron chi connectivity index (χ2n) is 2.65. The van der Waals surface area contributed by atoms with Gasteiger partial charge in [-0.05, 0) is 24.9 Å². The van der Waals surface area contributed by atoms with Crippen LogP contribution in [-0.4, -0.2) is 28.3 Å². The zero-order valence-electron chi connectivity index (χ0n) is 7.43. The topological polar surface area (TPSA) is 73.0 Å².